The number of aryl methyl sites for hydroxylation is 1. The third-order valence-corrected chi connectivity index (χ3v) is 3.72. The summed E-state index contributed by atoms with van der Waals surface area (Å²) in [5, 5.41) is 12.0. The van der Waals surface area contributed by atoms with Gasteiger partial charge in [-0.3, -0.25) is 4.79 Å². The van der Waals surface area contributed by atoms with Crippen molar-refractivity contribution in [2.75, 3.05) is 0 Å². The number of carbonyl (C=O) groups is 2. The van der Waals surface area contributed by atoms with Crippen LogP contribution in [0.2, 0.25) is 0 Å². The molecule has 0 saturated carbocycles. The Morgan fingerprint density at radius 2 is 2.09 bits per heavy atom. The van der Waals surface area contributed by atoms with Crippen molar-refractivity contribution in [1.82, 2.24) is 10.3 Å². The number of hydrogen-bond acceptors (Lipinski definition) is 4. The second kappa shape index (κ2) is 6.64. The molecular weight excluding hydrogens is 296 g/mol. The number of hydrogen-bond donors (Lipinski definition) is 2. The zero-order valence-corrected chi connectivity index (χ0v) is 13.4. The summed E-state index contributed by atoms with van der Waals surface area (Å²) in [5.74, 6) is -0.883. The predicted octanol–water partition coefficient (Wildman–Crippen LogP) is 3.02. The highest BCUT2D eigenvalue weighted by Crippen LogP contribution is 2.20. The van der Waals surface area contributed by atoms with Crippen LogP contribution in [0.1, 0.15) is 42.7 Å². The van der Waals surface area contributed by atoms with Crippen LogP contribution < -0.4 is 5.32 Å². The molecule has 6 heteroatoms. The van der Waals surface area contributed by atoms with E-state index in [4.69, 9.17) is 4.42 Å². The molecule has 1 amide bonds. The lowest BCUT2D eigenvalue weighted by Gasteiger charge is -2.26. The van der Waals surface area contributed by atoms with E-state index in [1.54, 1.807) is 37.5 Å². The first-order chi connectivity index (χ1) is 10.9. The lowest BCUT2D eigenvalue weighted by Crippen LogP contribution is -2.52. The number of aromatic nitrogens is 1. The molecule has 0 aliphatic heterocycles. The molecule has 0 bridgehead atoms. The van der Waals surface area contributed by atoms with E-state index in [9.17, 15) is 14.7 Å². The Labute approximate surface area is 134 Å². The fourth-order valence-corrected chi connectivity index (χ4v) is 2.40. The van der Waals surface area contributed by atoms with Crippen molar-refractivity contribution in [3.8, 4) is 11.5 Å². The van der Waals surface area contributed by atoms with E-state index in [1.165, 1.54) is 6.92 Å². The molecule has 2 aromatic rings. The van der Waals surface area contributed by atoms with Crippen molar-refractivity contribution >= 4 is 11.9 Å². The number of furan rings is 1. The van der Waals surface area contributed by atoms with Gasteiger partial charge in [0, 0.05) is 0 Å². The van der Waals surface area contributed by atoms with Crippen molar-refractivity contribution in [3.63, 3.8) is 0 Å². The summed E-state index contributed by atoms with van der Waals surface area (Å²) >= 11 is 0. The minimum Gasteiger partial charge on any atom is -0.480 e. The third kappa shape index (κ3) is 3.59. The lowest BCUT2D eigenvalue weighted by atomic mass is 9.95. The van der Waals surface area contributed by atoms with Gasteiger partial charge in [-0.1, -0.05) is 13.3 Å². The van der Waals surface area contributed by atoms with Gasteiger partial charge in [0.25, 0.3) is 5.91 Å². The van der Waals surface area contributed by atoms with Crippen LogP contribution in [0.3, 0.4) is 0 Å². The minimum atomic E-state index is -1.29. The van der Waals surface area contributed by atoms with E-state index < -0.39 is 17.4 Å². The lowest BCUT2D eigenvalue weighted by molar-refractivity contribution is -0.144. The topological polar surface area (TPSA) is 92.4 Å². The van der Waals surface area contributed by atoms with Crippen LogP contribution >= 0.6 is 0 Å². The molecule has 2 rings (SSSR count). The Kier molecular flexibility index (Phi) is 4.83. The molecule has 0 saturated heterocycles. The molecule has 0 fully saturated rings. The molecule has 122 valence electrons. The summed E-state index contributed by atoms with van der Waals surface area (Å²) < 4.78 is 5.28. The van der Waals surface area contributed by atoms with Crippen LogP contribution in [0.5, 0.6) is 0 Å². The molecule has 23 heavy (non-hydrogen) atoms. The maximum absolute atomic E-state index is 12.4. The van der Waals surface area contributed by atoms with Crippen molar-refractivity contribution in [3.05, 3.63) is 41.8 Å². The Morgan fingerprint density at radius 1 is 1.35 bits per heavy atom. The zero-order valence-electron chi connectivity index (χ0n) is 13.4. The number of aliphatic carboxylic acids is 1. The van der Waals surface area contributed by atoms with Crippen molar-refractivity contribution in [2.24, 2.45) is 0 Å². The number of pyridine rings is 1. The summed E-state index contributed by atoms with van der Waals surface area (Å²) in [4.78, 5) is 28.2. The van der Waals surface area contributed by atoms with E-state index in [0.29, 0.717) is 35.6 Å². The second-order valence-corrected chi connectivity index (χ2v) is 5.65. The predicted molar refractivity (Wildman–Crippen MR) is 85.1 cm³/mol. The van der Waals surface area contributed by atoms with Crippen LogP contribution in [0.4, 0.5) is 0 Å². The molecule has 0 radical (unpaired) electrons. The molecule has 1 atom stereocenters. The molecular formula is C17H20N2O4. The first kappa shape index (κ1) is 16.7. The van der Waals surface area contributed by atoms with Crippen molar-refractivity contribution < 1.29 is 19.1 Å². The standard InChI is InChI=1S/C17H20N2O4/c1-4-9-17(3,16(21)22)19-15(20)12-7-8-13(18-11(12)2)14-6-5-10-23-14/h5-8,10H,4,9H2,1-3H3,(H,19,20)(H,21,22). The Bertz CT molecular complexity index is 709. The highest BCUT2D eigenvalue weighted by Gasteiger charge is 2.34. The molecule has 0 aromatic carbocycles. The molecule has 2 N–H and O–H groups in total. The van der Waals surface area contributed by atoms with Crippen LogP contribution in [0.15, 0.2) is 34.9 Å². The minimum absolute atomic E-state index is 0.351. The van der Waals surface area contributed by atoms with E-state index >= 15 is 0 Å². The SMILES string of the molecule is CCCC(C)(NC(=O)c1ccc(-c2ccco2)nc1C)C(=O)O. The Morgan fingerprint density at radius 3 is 2.61 bits per heavy atom. The number of carboxylic acid groups (broad SMARTS) is 1. The summed E-state index contributed by atoms with van der Waals surface area (Å²) in [5.41, 5.74) is 0.195. The van der Waals surface area contributed by atoms with E-state index in [0.717, 1.165) is 0 Å². The second-order valence-electron chi connectivity index (χ2n) is 5.65. The highest BCUT2D eigenvalue weighted by atomic mass is 16.4. The normalized spacial score (nSPS) is 13.3. The zero-order chi connectivity index (χ0) is 17.0. The largest absolute Gasteiger partial charge is 0.480 e. The monoisotopic (exact) mass is 316 g/mol. The fourth-order valence-electron chi connectivity index (χ4n) is 2.40. The maximum Gasteiger partial charge on any atom is 0.329 e. The van der Waals surface area contributed by atoms with Crippen molar-refractivity contribution in [2.45, 2.75) is 39.2 Å². The molecule has 0 spiro atoms. The summed E-state index contributed by atoms with van der Waals surface area (Å²) in [6, 6.07) is 6.85. The molecule has 2 heterocycles. The number of carboxylic acids is 1. The Balaban J connectivity index is 2.24. The highest BCUT2D eigenvalue weighted by molar-refractivity contribution is 5.98. The van der Waals surface area contributed by atoms with Crippen LogP contribution in [-0.2, 0) is 4.79 Å². The van der Waals surface area contributed by atoms with Gasteiger partial charge in [0.1, 0.15) is 11.2 Å². The van der Waals surface area contributed by atoms with Gasteiger partial charge in [-0.25, -0.2) is 9.78 Å². The van der Waals surface area contributed by atoms with Gasteiger partial charge < -0.3 is 14.8 Å². The van der Waals surface area contributed by atoms with Gasteiger partial charge in [0.2, 0.25) is 0 Å². The fraction of sp³-hybridized carbons (Fsp3) is 0.353. The van der Waals surface area contributed by atoms with Crippen LogP contribution in [-0.4, -0.2) is 27.5 Å². The summed E-state index contributed by atoms with van der Waals surface area (Å²) in [6.45, 7) is 5.09. The number of carbonyl (C=O) groups excluding carboxylic acids is 1. The number of nitrogens with zero attached hydrogens (tertiary/aromatic N) is 1. The van der Waals surface area contributed by atoms with Gasteiger partial charge in [-0.05, 0) is 44.5 Å². The molecule has 0 aliphatic carbocycles. The summed E-state index contributed by atoms with van der Waals surface area (Å²) in [7, 11) is 0. The van der Waals surface area contributed by atoms with Gasteiger partial charge in [-0.15, -0.1) is 0 Å². The van der Waals surface area contributed by atoms with Crippen LogP contribution in [0, 0.1) is 6.92 Å². The first-order valence-corrected chi connectivity index (χ1v) is 7.45. The average Bonchev–Trinajstić information content (AvgIpc) is 3.01. The first-order valence-electron chi connectivity index (χ1n) is 7.45. The van der Waals surface area contributed by atoms with Gasteiger partial charge in [-0.2, -0.15) is 0 Å². The smallest absolute Gasteiger partial charge is 0.329 e. The molecule has 6 nitrogen and oxygen atoms in total. The van der Waals surface area contributed by atoms with Gasteiger partial charge in [0.05, 0.1) is 17.5 Å². The van der Waals surface area contributed by atoms with Crippen LogP contribution in [0.25, 0.3) is 11.5 Å². The molecule has 0 aliphatic rings. The van der Waals surface area contributed by atoms with E-state index in [1.807, 2.05) is 6.92 Å². The number of rotatable bonds is 6. The maximum atomic E-state index is 12.4. The Hall–Kier alpha value is -2.63. The third-order valence-electron chi connectivity index (χ3n) is 3.72. The number of amides is 1. The molecule has 1 unspecified atom stereocenters. The van der Waals surface area contributed by atoms with Gasteiger partial charge >= 0.3 is 5.97 Å². The van der Waals surface area contributed by atoms with E-state index in [2.05, 4.69) is 10.3 Å². The average molecular weight is 316 g/mol. The van der Waals surface area contributed by atoms with Crippen molar-refractivity contribution in [1.29, 1.82) is 0 Å². The van der Waals surface area contributed by atoms with E-state index in [-0.39, 0.29) is 0 Å². The van der Waals surface area contributed by atoms with Gasteiger partial charge in [0.15, 0.2) is 5.76 Å². The molecule has 2 aromatic heterocycles. The summed E-state index contributed by atoms with van der Waals surface area (Å²) in [6.07, 6.45) is 2.55. The number of nitrogens with one attached hydrogen (secondary N) is 1. The quantitative estimate of drug-likeness (QED) is 0.854.